The van der Waals surface area contributed by atoms with E-state index in [9.17, 15) is 13.2 Å². The fourth-order valence-electron chi connectivity index (χ4n) is 3.95. The lowest BCUT2D eigenvalue weighted by atomic mass is 9.93. The Bertz CT molecular complexity index is 1280. The van der Waals surface area contributed by atoms with Gasteiger partial charge in [-0.3, -0.25) is 9.10 Å². The number of hydrogen-bond acceptors (Lipinski definition) is 4. The van der Waals surface area contributed by atoms with Gasteiger partial charge < -0.3 is 10.1 Å². The normalized spacial score (nSPS) is 12.3. The molecule has 3 aromatic rings. The molecule has 6 nitrogen and oxygen atoms in total. The zero-order valence-electron chi connectivity index (χ0n) is 20.6. The van der Waals surface area contributed by atoms with E-state index in [-0.39, 0.29) is 23.4 Å². The number of nitrogens with one attached hydrogen (secondary N) is 1. The lowest BCUT2D eigenvalue weighted by Gasteiger charge is -2.26. The average molecular weight is 560 g/mol. The van der Waals surface area contributed by atoms with Crippen LogP contribution in [-0.4, -0.2) is 28.0 Å². The van der Waals surface area contributed by atoms with Crippen LogP contribution in [0.3, 0.4) is 0 Å². The summed E-state index contributed by atoms with van der Waals surface area (Å²) < 4.78 is 34.4. The molecule has 1 N–H and O–H groups in total. The maximum Gasteiger partial charge on any atom is 0.264 e. The SMILES string of the molecule is COc1cc(C)c([C@H](C)NC(=O)CN(c2ccc(Br)cc2)S(=O)(=O)c2ccccc2)cc1C(C)C. The van der Waals surface area contributed by atoms with E-state index >= 15 is 0 Å². The number of ether oxygens (including phenoxy) is 1. The third-order valence-electron chi connectivity index (χ3n) is 5.82. The number of anilines is 1. The number of halogens is 1. The first kappa shape index (κ1) is 26.8. The monoisotopic (exact) mass is 558 g/mol. The highest BCUT2D eigenvalue weighted by molar-refractivity contribution is 9.10. The second-order valence-electron chi connectivity index (χ2n) is 8.70. The molecule has 0 aromatic heterocycles. The number of hydrogen-bond donors (Lipinski definition) is 1. The number of rotatable bonds is 9. The number of nitrogens with zero attached hydrogens (tertiary/aromatic N) is 1. The molecule has 186 valence electrons. The molecule has 0 aliphatic carbocycles. The Morgan fingerprint density at radius 2 is 1.63 bits per heavy atom. The summed E-state index contributed by atoms with van der Waals surface area (Å²) in [6, 6.07) is 18.7. The summed E-state index contributed by atoms with van der Waals surface area (Å²) in [6.45, 7) is 7.69. The van der Waals surface area contributed by atoms with Crippen molar-refractivity contribution in [2.24, 2.45) is 0 Å². The second kappa shape index (κ2) is 11.3. The summed E-state index contributed by atoms with van der Waals surface area (Å²) in [4.78, 5) is 13.3. The van der Waals surface area contributed by atoms with Gasteiger partial charge in [0.2, 0.25) is 5.91 Å². The second-order valence-corrected chi connectivity index (χ2v) is 11.5. The molecule has 0 bridgehead atoms. The first-order valence-corrected chi connectivity index (χ1v) is 13.6. The first-order valence-electron chi connectivity index (χ1n) is 11.4. The third kappa shape index (κ3) is 6.24. The van der Waals surface area contributed by atoms with Crippen LogP contribution in [0.25, 0.3) is 0 Å². The molecule has 8 heteroatoms. The maximum atomic E-state index is 13.5. The Kier molecular flexibility index (Phi) is 8.61. The van der Waals surface area contributed by atoms with E-state index in [1.165, 1.54) is 12.1 Å². The minimum absolute atomic E-state index is 0.122. The molecule has 0 unspecified atom stereocenters. The molecular weight excluding hydrogens is 528 g/mol. The molecule has 0 saturated heterocycles. The van der Waals surface area contributed by atoms with Crippen LogP contribution < -0.4 is 14.4 Å². The van der Waals surface area contributed by atoms with E-state index in [2.05, 4.69) is 41.2 Å². The third-order valence-corrected chi connectivity index (χ3v) is 8.13. The van der Waals surface area contributed by atoms with Crippen molar-refractivity contribution in [2.75, 3.05) is 18.0 Å². The van der Waals surface area contributed by atoms with Gasteiger partial charge in [-0.25, -0.2) is 8.42 Å². The number of aryl methyl sites for hydroxylation is 1. The van der Waals surface area contributed by atoms with Gasteiger partial charge >= 0.3 is 0 Å². The Balaban J connectivity index is 1.90. The molecule has 0 saturated carbocycles. The molecular formula is C27H31BrN2O4S. The average Bonchev–Trinajstić information content (AvgIpc) is 2.83. The van der Waals surface area contributed by atoms with Crippen LogP contribution >= 0.6 is 15.9 Å². The van der Waals surface area contributed by atoms with Gasteiger partial charge in [0.1, 0.15) is 12.3 Å². The standard InChI is InChI=1S/C27H31BrN2O4S/c1-18(2)24-16-25(19(3)15-26(24)34-5)20(4)29-27(31)17-30(22-13-11-21(28)12-14-22)35(32,33)23-9-7-6-8-10-23/h6-16,18,20H,17H2,1-5H3,(H,29,31)/t20-/m0/s1. The topological polar surface area (TPSA) is 75.7 Å². The van der Waals surface area contributed by atoms with Crippen LogP contribution in [0.2, 0.25) is 0 Å². The summed E-state index contributed by atoms with van der Waals surface area (Å²) in [5.74, 6) is 0.660. The van der Waals surface area contributed by atoms with E-state index < -0.39 is 15.9 Å². The van der Waals surface area contributed by atoms with Crippen molar-refractivity contribution in [2.45, 2.75) is 44.6 Å². The summed E-state index contributed by atoms with van der Waals surface area (Å²) in [5, 5.41) is 2.98. The highest BCUT2D eigenvalue weighted by Gasteiger charge is 2.28. The van der Waals surface area contributed by atoms with Crippen molar-refractivity contribution in [3.8, 4) is 5.75 Å². The Hall–Kier alpha value is -2.84. The molecule has 0 aliphatic rings. The molecule has 0 aliphatic heterocycles. The number of sulfonamides is 1. The van der Waals surface area contributed by atoms with Crippen LogP contribution in [0.5, 0.6) is 5.75 Å². The summed E-state index contributed by atoms with van der Waals surface area (Å²) in [6.07, 6.45) is 0. The molecule has 1 amide bonds. The quantitative estimate of drug-likeness (QED) is 0.351. The molecule has 0 fully saturated rings. The maximum absolute atomic E-state index is 13.5. The molecule has 1 atom stereocenters. The molecule has 35 heavy (non-hydrogen) atoms. The van der Waals surface area contributed by atoms with E-state index in [1.807, 2.05) is 19.9 Å². The zero-order chi connectivity index (χ0) is 25.8. The molecule has 0 spiro atoms. The zero-order valence-corrected chi connectivity index (χ0v) is 23.0. The molecule has 0 radical (unpaired) electrons. The summed E-state index contributed by atoms with van der Waals surface area (Å²) in [7, 11) is -2.31. The lowest BCUT2D eigenvalue weighted by molar-refractivity contribution is -0.120. The van der Waals surface area contributed by atoms with Crippen molar-refractivity contribution < 1.29 is 17.9 Å². The fraction of sp³-hybridized carbons (Fsp3) is 0.296. The van der Waals surface area contributed by atoms with Crippen molar-refractivity contribution >= 4 is 37.5 Å². The van der Waals surface area contributed by atoms with Gasteiger partial charge in [-0.05, 0) is 85.0 Å². The molecule has 0 heterocycles. The van der Waals surface area contributed by atoms with E-state index in [0.29, 0.717) is 5.69 Å². The van der Waals surface area contributed by atoms with Crippen LogP contribution in [0, 0.1) is 6.92 Å². The van der Waals surface area contributed by atoms with Gasteiger partial charge in [0, 0.05) is 4.47 Å². The van der Waals surface area contributed by atoms with E-state index in [0.717, 1.165) is 31.2 Å². The Morgan fingerprint density at radius 3 is 2.20 bits per heavy atom. The number of benzene rings is 3. The fourth-order valence-corrected chi connectivity index (χ4v) is 5.65. The van der Waals surface area contributed by atoms with Crippen LogP contribution in [-0.2, 0) is 14.8 Å². The Labute approximate surface area is 216 Å². The highest BCUT2D eigenvalue weighted by Crippen LogP contribution is 2.32. The van der Waals surface area contributed by atoms with Gasteiger partial charge in [-0.2, -0.15) is 0 Å². The van der Waals surface area contributed by atoms with Crippen molar-refractivity contribution in [3.05, 3.63) is 87.9 Å². The van der Waals surface area contributed by atoms with Crippen molar-refractivity contribution in [1.29, 1.82) is 0 Å². The van der Waals surface area contributed by atoms with Crippen LogP contribution in [0.1, 0.15) is 49.4 Å². The largest absolute Gasteiger partial charge is 0.496 e. The minimum Gasteiger partial charge on any atom is -0.496 e. The van der Waals surface area contributed by atoms with Gasteiger partial charge in [0.05, 0.1) is 23.7 Å². The first-order chi connectivity index (χ1) is 16.5. The van der Waals surface area contributed by atoms with E-state index in [1.54, 1.807) is 49.6 Å². The highest BCUT2D eigenvalue weighted by atomic mass is 79.9. The van der Waals surface area contributed by atoms with Gasteiger partial charge in [-0.15, -0.1) is 0 Å². The number of amides is 1. The van der Waals surface area contributed by atoms with Crippen LogP contribution in [0.4, 0.5) is 5.69 Å². The number of carbonyl (C=O) groups excluding carboxylic acids is 1. The summed E-state index contributed by atoms with van der Waals surface area (Å²) >= 11 is 3.38. The molecule has 3 rings (SSSR count). The van der Waals surface area contributed by atoms with Crippen molar-refractivity contribution in [1.82, 2.24) is 5.32 Å². The predicted molar refractivity (Wildman–Crippen MR) is 143 cm³/mol. The van der Waals surface area contributed by atoms with Crippen molar-refractivity contribution in [3.63, 3.8) is 0 Å². The van der Waals surface area contributed by atoms with Gasteiger partial charge in [-0.1, -0.05) is 48.0 Å². The number of methoxy groups -OCH3 is 1. The predicted octanol–water partition coefficient (Wildman–Crippen LogP) is 5.96. The van der Waals surface area contributed by atoms with Gasteiger partial charge in [0.15, 0.2) is 0 Å². The van der Waals surface area contributed by atoms with Gasteiger partial charge in [0.25, 0.3) is 10.0 Å². The Morgan fingerprint density at radius 1 is 1.00 bits per heavy atom. The van der Waals surface area contributed by atoms with E-state index in [4.69, 9.17) is 4.74 Å². The molecule has 3 aromatic carbocycles. The smallest absolute Gasteiger partial charge is 0.264 e. The number of carbonyl (C=O) groups is 1. The van der Waals surface area contributed by atoms with Crippen LogP contribution in [0.15, 0.2) is 76.1 Å². The minimum atomic E-state index is -3.96. The summed E-state index contributed by atoms with van der Waals surface area (Å²) in [5.41, 5.74) is 3.41. The lowest BCUT2D eigenvalue weighted by Crippen LogP contribution is -2.41.